The molecule has 1 aromatic heterocycles. The van der Waals surface area contributed by atoms with Gasteiger partial charge in [0.1, 0.15) is 0 Å². The summed E-state index contributed by atoms with van der Waals surface area (Å²) >= 11 is 11.7. The van der Waals surface area contributed by atoms with Crippen LogP contribution in [0.5, 0.6) is 0 Å². The zero-order valence-electron chi connectivity index (χ0n) is 9.19. The second kappa shape index (κ2) is 6.36. The van der Waals surface area contributed by atoms with Crippen molar-refractivity contribution in [2.45, 2.75) is 26.3 Å². The molecule has 1 heterocycles. The Kier molecular flexibility index (Phi) is 5.43. The Bertz CT molecular complexity index is 310. The first-order chi connectivity index (χ1) is 7.16. The van der Waals surface area contributed by atoms with Crippen molar-refractivity contribution in [2.24, 2.45) is 7.05 Å². The largest absolute Gasteiger partial charge is 0.311 e. The lowest BCUT2D eigenvalue weighted by Crippen LogP contribution is -2.17. The fraction of sp³-hybridized carbons (Fsp3) is 0.700. The number of nitrogens with zero attached hydrogens (tertiary/aromatic N) is 2. The van der Waals surface area contributed by atoms with Crippen LogP contribution in [0.1, 0.15) is 24.2 Å². The molecule has 86 valence electrons. The van der Waals surface area contributed by atoms with E-state index in [9.17, 15) is 0 Å². The minimum absolute atomic E-state index is 0.729. The third-order valence-corrected chi connectivity index (χ3v) is 3.05. The molecule has 0 atom stereocenters. The highest BCUT2D eigenvalue weighted by Crippen LogP contribution is 2.18. The second-order valence-electron chi connectivity index (χ2n) is 3.54. The SMILES string of the molecule is Cc1nn(C)c(CNCCCCCl)c1Cl. The van der Waals surface area contributed by atoms with Crippen LogP contribution in [-0.4, -0.2) is 22.2 Å². The Morgan fingerprint density at radius 1 is 1.40 bits per heavy atom. The first-order valence-corrected chi connectivity index (χ1v) is 6.02. The lowest BCUT2D eigenvalue weighted by atomic mass is 10.3. The monoisotopic (exact) mass is 249 g/mol. The fourth-order valence-corrected chi connectivity index (χ4v) is 1.84. The summed E-state index contributed by atoms with van der Waals surface area (Å²) in [4.78, 5) is 0. The molecule has 0 saturated heterocycles. The third-order valence-electron chi connectivity index (χ3n) is 2.29. The summed E-state index contributed by atoms with van der Waals surface area (Å²) in [6.07, 6.45) is 2.14. The summed E-state index contributed by atoms with van der Waals surface area (Å²) in [5.41, 5.74) is 1.93. The standard InChI is InChI=1S/C10H17Cl2N3/c1-8-10(12)9(15(2)14-8)7-13-6-4-3-5-11/h13H,3-7H2,1-2H3. The molecule has 1 rings (SSSR count). The van der Waals surface area contributed by atoms with Gasteiger partial charge in [-0.2, -0.15) is 5.10 Å². The summed E-state index contributed by atoms with van der Waals surface area (Å²) in [7, 11) is 1.91. The van der Waals surface area contributed by atoms with Crippen molar-refractivity contribution in [3.8, 4) is 0 Å². The summed E-state index contributed by atoms with van der Waals surface area (Å²) in [6, 6.07) is 0. The van der Waals surface area contributed by atoms with Gasteiger partial charge >= 0.3 is 0 Å². The van der Waals surface area contributed by atoms with Gasteiger partial charge in [-0.15, -0.1) is 11.6 Å². The molecule has 5 heteroatoms. The van der Waals surface area contributed by atoms with E-state index < -0.39 is 0 Å². The van der Waals surface area contributed by atoms with Crippen molar-refractivity contribution in [1.29, 1.82) is 0 Å². The van der Waals surface area contributed by atoms with Crippen molar-refractivity contribution in [3.63, 3.8) is 0 Å². The zero-order valence-corrected chi connectivity index (χ0v) is 10.7. The van der Waals surface area contributed by atoms with Crippen molar-refractivity contribution in [2.75, 3.05) is 12.4 Å². The number of nitrogens with one attached hydrogen (secondary N) is 1. The van der Waals surface area contributed by atoms with Crippen LogP contribution in [0.3, 0.4) is 0 Å². The van der Waals surface area contributed by atoms with E-state index in [0.717, 1.165) is 48.2 Å². The predicted molar refractivity (Wildman–Crippen MR) is 64.6 cm³/mol. The number of aromatic nitrogens is 2. The second-order valence-corrected chi connectivity index (χ2v) is 4.30. The molecule has 15 heavy (non-hydrogen) atoms. The van der Waals surface area contributed by atoms with E-state index in [2.05, 4.69) is 10.4 Å². The smallest absolute Gasteiger partial charge is 0.0860 e. The molecular weight excluding hydrogens is 233 g/mol. The van der Waals surface area contributed by atoms with Crippen LogP contribution in [-0.2, 0) is 13.6 Å². The van der Waals surface area contributed by atoms with Crippen molar-refractivity contribution >= 4 is 23.2 Å². The highest BCUT2D eigenvalue weighted by molar-refractivity contribution is 6.31. The molecule has 0 aliphatic heterocycles. The topological polar surface area (TPSA) is 29.9 Å². The third kappa shape index (κ3) is 3.67. The average molecular weight is 250 g/mol. The van der Waals surface area contributed by atoms with Crippen molar-refractivity contribution in [3.05, 3.63) is 16.4 Å². The van der Waals surface area contributed by atoms with Gasteiger partial charge in [-0.1, -0.05) is 11.6 Å². The lowest BCUT2D eigenvalue weighted by Gasteiger charge is -2.04. The van der Waals surface area contributed by atoms with E-state index >= 15 is 0 Å². The maximum atomic E-state index is 6.11. The van der Waals surface area contributed by atoms with E-state index in [1.165, 1.54) is 0 Å². The Morgan fingerprint density at radius 2 is 2.13 bits per heavy atom. The first-order valence-electron chi connectivity index (χ1n) is 5.11. The van der Waals surface area contributed by atoms with E-state index in [4.69, 9.17) is 23.2 Å². The van der Waals surface area contributed by atoms with E-state index in [1.807, 2.05) is 18.7 Å². The number of hydrogen-bond acceptors (Lipinski definition) is 2. The molecule has 1 N–H and O–H groups in total. The molecule has 0 spiro atoms. The predicted octanol–water partition coefficient (Wildman–Crippen LogP) is 2.49. The Balaban J connectivity index is 2.37. The number of rotatable bonds is 6. The molecule has 0 fully saturated rings. The number of alkyl halides is 1. The van der Waals surface area contributed by atoms with Crippen LogP contribution < -0.4 is 5.32 Å². The van der Waals surface area contributed by atoms with Crippen LogP contribution in [0.4, 0.5) is 0 Å². The maximum Gasteiger partial charge on any atom is 0.0860 e. The maximum absolute atomic E-state index is 6.11. The summed E-state index contributed by atoms with van der Waals surface area (Å²) in [5, 5.41) is 8.34. The summed E-state index contributed by atoms with van der Waals surface area (Å²) in [6.45, 7) is 3.64. The number of halogens is 2. The number of hydrogen-bond donors (Lipinski definition) is 1. The number of unbranched alkanes of at least 4 members (excludes halogenated alkanes) is 1. The van der Waals surface area contributed by atoms with Gasteiger partial charge in [0.15, 0.2) is 0 Å². The van der Waals surface area contributed by atoms with Gasteiger partial charge < -0.3 is 5.32 Å². The quantitative estimate of drug-likeness (QED) is 0.621. The molecule has 0 amide bonds. The highest BCUT2D eigenvalue weighted by Gasteiger charge is 2.09. The minimum atomic E-state index is 0.729. The van der Waals surface area contributed by atoms with E-state index in [1.54, 1.807) is 0 Å². The van der Waals surface area contributed by atoms with Gasteiger partial charge in [-0.05, 0) is 26.3 Å². The van der Waals surface area contributed by atoms with Gasteiger partial charge in [0, 0.05) is 19.5 Å². The van der Waals surface area contributed by atoms with Gasteiger partial charge in [0.25, 0.3) is 0 Å². The molecule has 0 saturated carbocycles. The molecule has 0 unspecified atom stereocenters. The minimum Gasteiger partial charge on any atom is -0.311 e. The van der Waals surface area contributed by atoms with E-state index in [-0.39, 0.29) is 0 Å². The summed E-state index contributed by atoms with van der Waals surface area (Å²) < 4.78 is 1.83. The molecule has 0 aliphatic rings. The Hall–Kier alpha value is -0.250. The molecule has 0 bridgehead atoms. The Labute approximate surface area is 101 Å². The van der Waals surface area contributed by atoms with Crippen LogP contribution >= 0.6 is 23.2 Å². The molecule has 3 nitrogen and oxygen atoms in total. The lowest BCUT2D eigenvalue weighted by molar-refractivity contribution is 0.603. The van der Waals surface area contributed by atoms with Crippen molar-refractivity contribution in [1.82, 2.24) is 15.1 Å². The van der Waals surface area contributed by atoms with Crippen molar-refractivity contribution < 1.29 is 0 Å². The van der Waals surface area contributed by atoms with Crippen LogP contribution in [0, 0.1) is 6.92 Å². The average Bonchev–Trinajstić information content (AvgIpc) is 2.44. The fourth-order valence-electron chi connectivity index (χ4n) is 1.42. The first kappa shape index (κ1) is 12.8. The van der Waals surface area contributed by atoms with Gasteiger partial charge in [-0.3, -0.25) is 4.68 Å². The summed E-state index contributed by atoms with van der Waals surface area (Å²) in [5.74, 6) is 0.729. The molecular formula is C10H17Cl2N3. The zero-order chi connectivity index (χ0) is 11.3. The van der Waals surface area contributed by atoms with E-state index in [0.29, 0.717) is 0 Å². The van der Waals surface area contributed by atoms with Crippen LogP contribution in [0.2, 0.25) is 5.02 Å². The van der Waals surface area contributed by atoms with Crippen LogP contribution in [0.15, 0.2) is 0 Å². The molecule has 1 aromatic rings. The van der Waals surface area contributed by atoms with Gasteiger partial charge in [-0.25, -0.2) is 0 Å². The number of aryl methyl sites for hydroxylation is 2. The Morgan fingerprint density at radius 3 is 2.67 bits per heavy atom. The van der Waals surface area contributed by atoms with Crippen LogP contribution in [0.25, 0.3) is 0 Å². The molecule has 0 radical (unpaired) electrons. The molecule has 0 aliphatic carbocycles. The normalized spacial score (nSPS) is 10.9. The van der Waals surface area contributed by atoms with Gasteiger partial charge in [0.2, 0.25) is 0 Å². The molecule has 0 aromatic carbocycles. The van der Waals surface area contributed by atoms with Gasteiger partial charge in [0.05, 0.1) is 16.4 Å². The highest BCUT2D eigenvalue weighted by atomic mass is 35.5.